The lowest BCUT2D eigenvalue weighted by Gasteiger charge is -2.23. The second-order valence-corrected chi connectivity index (χ2v) is 8.61. The van der Waals surface area contributed by atoms with Crippen LogP contribution in [-0.2, 0) is 11.8 Å². The Morgan fingerprint density at radius 3 is 2.03 bits per heavy atom. The fourth-order valence-corrected chi connectivity index (χ4v) is 3.43. The Morgan fingerprint density at radius 2 is 1.48 bits per heavy atom. The molecule has 0 radical (unpaired) electrons. The highest BCUT2D eigenvalue weighted by Crippen LogP contribution is 2.28. The van der Waals surface area contributed by atoms with Crippen LogP contribution in [0.1, 0.15) is 67.2 Å². The number of hydrogen-bond acceptors (Lipinski definition) is 2. The molecule has 3 rings (SSSR count). The van der Waals surface area contributed by atoms with Gasteiger partial charge in [-0.05, 0) is 40.7 Å². The second-order valence-electron chi connectivity index (χ2n) is 8.61. The fraction of sp³-hybridized carbons (Fsp3) is 0.296. The number of Topliss-reactive ketones (excluding diaryl/α,β-unsaturated/α-hetero) is 1. The first-order chi connectivity index (χ1) is 13.9. The molecule has 3 aromatic rings. The number of anilines is 1. The molecule has 0 aliphatic heterocycles. The summed E-state index contributed by atoms with van der Waals surface area (Å²) in [5.74, 6) is 0.154. The normalized spacial score (nSPS) is 12.4. The first-order valence-electron chi connectivity index (χ1n) is 10.4. The van der Waals surface area contributed by atoms with Gasteiger partial charge in [-0.15, -0.1) is 0 Å². The molecule has 29 heavy (non-hydrogen) atoms. The zero-order valence-corrected chi connectivity index (χ0v) is 17.9. The van der Waals surface area contributed by atoms with Crippen LogP contribution in [0.2, 0.25) is 0 Å². The molecule has 1 N–H and O–H groups in total. The van der Waals surface area contributed by atoms with Crippen LogP contribution in [0, 0.1) is 0 Å². The Labute approximate surface area is 175 Å². The predicted octanol–water partition coefficient (Wildman–Crippen LogP) is 6.97. The van der Waals surface area contributed by atoms with Crippen LogP contribution in [0.25, 0.3) is 0 Å². The monoisotopic (exact) mass is 385 g/mol. The maximum atomic E-state index is 13.0. The highest BCUT2D eigenvalue weighted by atomic mass is 16.1. The Hall–Kier alpha value is -2.87. The Morgan fingerprint density at radius 1 is 0.862 bits per heavy atom. The Kier molecular flexibility index (Phi) is 6.53. The molecule has 150 valence electrons. The van der Waals surface area contributed by atoms with Gasteiger partial charge >= 0.3 is 0 Å². The number of aryl methyl sites for hydroxylation is 1. The number of carbonyl (C=O) groups excluding carboxylic acids is 1. The molecule has 0 heterocycles. The van der Waals surface area contributed by atoms with Crippen LogP contribution in [0.5, 0.6) is 0 Å². The van der Waals surface area contributed by atoms with Crippen LogP contribution in [0.4, 0.5) is 5.69 Å². The summed E-state index contributed by atoms with van der Waals surface area (Å²) >= 11 is 0. The average Bonchev–Trinajstić information content (AvgIpc) is 2.73. The predicted molar refractivity (Wildman–Crippen MR) is 123 cm³/mol. The standard InChI is InChI=1S/C27H31NO/c1-5-20-11-13-22(14-12-20)26(29)19-25(28-24-9-7-6-8-10-24)21-15-17-23(18-16-21)27(2,3)4/h6-18,25,28H,5,19H2,1-4H3. The van der Waals surface area contributed by atoms with E-state index < -0.39 is 0 Å². The van der Waals surface area contributed by atoms with E-state index >= 15 is 0 Å². The van der Waals surface area contributed by atoms with E-state index in [0.717, 1.165) is 23.2 Å². The topological polar surface area (TPSA) is 29.1 Å². The van der Waals surface area contributed by atoms with Crippen LogP contribution < -0.4 is 5.32 Å². The first kappa shape index (κ1) is 20.9. The molecule has 0 amide bonds. The Bertz CT molecular complexity index is 919. The first-order valence-corrected chi connectivity index (χ1v) is 10.4. The molecule has 0 saturated carbocycles. The van der Waals surface area contributed by atoms with Gasteiger partial charge < -0.3 is 5.32 Å². The van der Waals surface area contributed by atoms with Gasteiger partial charge in [-0.1, -0.05) is 94.4 Å². The van der Waals surface area contributed by atoms with Crippen LogP contribution >= 0.6 is 0 Å². The second kappa shape index (κ2) is 9.09. The van der Waals surface area contributed by atoms with Crippen LogP contribution in [-0.4, -0.2) is 5.78 Å². The molecule has 0 saturated heterocycles. The highest BCUT2D eigenvalue weighted by molar-refractivity contribution is 5.96. The van der Waals surface area contributed by atoms with E-state index in [1.165, 1.54) is 11.1 Å². The summed E-state index contributed by atoms with van der Waals surface area (Å²) in [6, 6.07) is 26.6. The van der Waals surface area contributed by atoms with Crippen molar-refractivity contribution in [1.29, 1.82) is 0 Å². The van der Waals surface area contributed by atoms with Crippen molar-refractivity contribution in [2.24, 2.45) is 0 Å². The quantitative estimate of drug-likeness (QED) is 0.445. The van der Waals surface area contributed by atoms with E-state index in [2.05, 4.69) is 57.3 Å². The van der Waals surface area contributed by atoms with Gasteiger partial charge in [0.1, 0.15) is 0 Å². The molecule has 0 fully saturated rings. The smallest absolute Gasteiger partial charge is 0.165 e. The van der Waals surface area contributed by atoms with E-state index in [0.29, 0.717) is 6.42 Å². The summed E-state index contributed by atoms with van der Waals surface area (Å²) in [7, 11) is 0. The average molecular weight is 386 g/mol. The molecule has 2 nitrogen and oxygen atoms in total. The number of benzene rings is 3. The van der Waals surface area contributed by atoms with Gasteiger partial charge in [-0.2, -0.15) is 0 Å². The van der Waals surface area contributed by atoms with Crippen molar-refractivity contribution in [3.8, 4) is 0 Å². The van der Waals surface area contributed by atoms with Crippen molar-refractivity contribution in [2.75, 3.05) is 5.32 Å². The molecule has 2 heteroatoms. The van der Waals surface area contributed by atoms with E-state index in [-0.39, 0.29) is 17.2 Å². The molecular formula is C27H31NO. The van der Waals surface area contributed by atoms with Gasteiger partial charge in [0, 0.05) is 17.7 Å². The number of ketones is 1. The summed E-state index contributed by atoms with van der Waals surface area (Å²) in [6.07, 6.45) is 1.39. The summed E-state index contributed by atoms with van der Waals surface area (Å²) in [4.78, 5) is 13.0. The maximum absolute atomic E-state index is 13.0. The molecule has 3 aromatic carbocycles. The third-order valence-electron chi connectivity index (χ3n) is 5.37. The molecular weight excluding hydrogens is 354 g/mol. The van der Waals surface area contributed by atoms with E-state index in [4.69, 9.17) is 0 Å². The van der Waals surface area contributed by atoms with Crippen LogP contribution in [0.3, 0.4) is 0 Å². The fourth-order valence-electron chi connectivity index (χ4n) is 3.43. The number of rotatable bonds is 7. The van der Waals surface area contributed by atoms with Crippen molar-refractivity contribution in [3.05, 3.63) is 101 Å². The molecule has 0 aliphatic carbocycles. The molecule has 0 aromatic heterocycles. The lowest BCUT2D eigenvalue weighted by Crippen LogP contribution is -2.17. The van der Waals surface area contributed by atoms with Gasteiger partial charge in [-0.25, -0.2) is 0 Å². The van der Waals surface area contributed by atoms with E-state index in [9.17, 15) is 4.79 Å². The zero-order chi connectivity index (χ0) is 20.9. The van der Waals surface area contributed by atoms with Crippen molar-refractivity contribution < 1.29 is 4.79 Å². The number of hydrogen-bond donors (Lipinski definition) is 1. The van der Waals surface area contributed by atoms with E-state index in [1.807, 2.05) is 54.6 Å². The number of nitrogens with one attached hydrogen (secondary N) is 1. The van der Waals surface area contributed by atoms with Crippen molar-refractivity contribution in [1.82, 2.24) is 0 Å². The van der Waals surface area contributed by atoms with Crippen molar-refractivity contribution in [2.45, 2.75) is 52.0 Å². The minimum Gasteiger partial charge on any atom is -0.378 e. The van der Waals surface area contributed by atoms with Gasteiger partial charge in [0.25, 0.3) is 0 Å². The van der Waals surface area contributed by atoms with Gasteiger partial charge in [-0.3, -0.25) is 4.79 Å². The molecule has 0 aliphatic rings. The third kappa shape index (κ3) is 5.57. The largest absolute Gasteiger partial charge is 0.378 e. The SMILES string of the molecule is CCc1ccc(C(=O)CC(Nc2ccccc2)c2ccc(C(C)(C)C)cc2)cc1. The van der Waals surface area contributed by atoms with Crippen molar-refractivity contribution in [3.63, 3.8) is 0 Å². The summed E-state index contributed by atoms with van der Waals surface area (Å²) in [5, 5.41) is 3.56. The lowest BCUT2D eigenvalue weighted by atomic mass is 9.86. The zero-order valence-electron chi connectivity index (χ0n) is 17.9. The van der Waals surface area contributed by atoms with Crippen molar-refractivity contribution >= 4 is 11.5 Å². The van der Waals surface area contributed by atoms with Crippen LogP contribution in [0.15, 0.2) is 78.9 Å². The van der Waals surface area contributed by atoms with Gasteiger partial charge in [0.15, 0.2) is 5.78 Å². The highest BCUT2D eigenvalue weighted by Gasteiger charge is 2.19. The third-order valence-corrected chi connectivity index (χ3v) is 5.37. The minimum absolute atomic E-state index is 0.0789. The number of para-hydroxylation sites is 1. The Balaban J connectivity index is 1.85. The summed E-state index contributed by atoms with van der Waals surface area (Å²) in [5.41, 5.74) is 5.57. The maximum Gasteiger partial charge on any atom is 0.165 e. The van der Waals surface area contributed by atoms with E-state index in [1.54, 1.807) is 0 Å². The number of carbonyl (C=O) groups is 1. The molecule has 0 bridgehead atoms. The molecule has 1 unspecified atom stereocenters. The summed E-state index contributed by atoms with van der Waals surface area (Å²) in [6.45, 7) is 8.76. The molecule has 1 atom stereocenters. The minimum atomic E-state index is -0.0789. The molecule has 0 spiro atoms. The summed E-state index contributed by atoms with van der Waals surface area (Å²) < 4.78 is 0. The van der Waals surface area contributed by atoms with Gasteiger partial charge in [0.05, 0.1) is 6.04 Å². The lowest BCUT2D eigenvalue weighted by molar-refractivity contribution is 0.0976. The van der Waals surface area contributed by atoms with Gasteiger partial charge in [0.2, 0.25) is 0 Å².